The SMILES string of the molecule is COc1nccnc1NS(=O)(=O)c1ccc(NC(=S)NC(=O)c2ccccc2OCCC(C)C)cc1. The van der Waals surface area contributed by atoms with Crippen molar-refractivity contribution in [3.05, 3.63) is 66.5 Å². The van der Waals surface area contributed by atoms with E-state index in [2.05, 4.69) is 39.2 Å². The number of para-hydroxylation sites is 1. The summed E-state index contributed by atoms with van der Waals surface area (Å²) in [6, 6.07) is 12.7. The Labute approximate surface area is 215 Å². The van der Waals surface area contributed by atoms with Crippen molar-refractivity contribution in [3.8, 4) is 11.6 Å². The summed E-state index contributed by atoms with van der Waals surface area (Å²) in [6.45, 7) is 4.69. The van der Waals surface area contributed by atoms with Gasteiger partial charge in [0.2, 0.25) is 5.82 Å². The zero-order chi connectivity index (χ0) is 26.1. The van der Waals surface area contributed by atoms with Gasteiger partial charge in [-0.3, -0.25) is 14.8 Å². The molecule has 1 heterocycles. The molecule has 0 saturated carbocycles. The van der Waals surface area contributed by atoms with Gasteiger partial charge in [0.15, 0.2) is 5.11 Å². The standard InChI is InChI=1S/C24H27N5O5S2/c1-16(2)12-15-34-20-7-5-4-6-19(20)22(30)28-24(35)27-17-8-10-18(11-9-17)36(31,32)29-21-23(33-3)26-14-13-25-21/h4-11,13-14,16H,12,15H2,1-3H3,(H,25,29)(H2,27,28,30,35). The zero-order valence-corrected chi connectivity index (χ0v) is 21.7. The number of aromatic nitrogens is 2. The Morgan fingerprint density at radius 2 is 1.75 bits per heavy atom. The minimum absolute atomic E-state index is 0.0109. The number of amides is 1. The molecule has 3 rings (SSSR count). The molecule has 1 amide bonds. The first-order valence-electron chi connectivity index (χ1n) is 11.0. The number of hydrogen-bond donors (Lipinski definition) is 3. The highest BCUT2D eigenvalue weighted by Crippen LogP contribution is 2.22. The molecule has 1 aromatic heterocycles. The average Bonchev–Trinajstić information content (AvgIpc) is 2.84. The molecule has 0 bridgehead atoms. The van der Waals surface area contributed by atoms with Crippen LogP contribution in [-0.2, 0) is 10.0 Å². The van der Waals surface area contributed by atoms with Gasteiger partial charge in [0.05, 0.1) is 24.2 Å². The van der Waals surface area contributed by atoms with E-state index in [4.69, 9.17) is 21.7 Å². The topological polar surface area (TPSA) is 132 Å². The van der Waals surface area contributed by atoms with Gasteiger partial charge in [-0.1, -0.05) is 26.0 Å². The predicted molar refractivity (Wildman–Crippen MR) is 141 cm³/mol. The molecule has 0 aliphatic heterocycles. The van der Waals surface area contributed by atoms with Crippen molar-refractivity contribution < 1.29 is 22.7 Å². The highest BCUT2D eigenvalue weighted by Gasteiger charge is 2.18. The lowest BCUT2D eigenvalue weighted by atomic mass is 10.1. The smallest absolute Gasteiger partial charge is 0.263 e. The minimum atomic E-state index is -3.94. The number of rotatable bonds is 10. The van der Waals surface area contributed by atoms with Gasteiger partial charge < -0.3 is 14.8 Å². The lowest BCUT2D eigenvalue weighted by Crippen LogP contribution is -2.34. The van der Waals surface area contributed by atoms with Crippen LogP contribution in [0.15, 0.2) is 65.8 Å². The Bertz CT molecular complexity index is 1310. The van der Waals surface area contributed by atoms with E-state index in [-0.39, 0.29) is 21.7 Å². The van der Waals surface area contributed by atoms with Gasteiger partial charge in [-0.25, -0.2) is 18.4 Å². The van der Waals surface area contributed by atoms with Gasteiger partial charge >= 0.3 is 0 Å². The summed E-state index contributed by atoms with van der Waals surface area (Å²) in [4.78, 5) is 20.6. The second-order valence-electron chi connectivity index (χ2n) is 7.98. The number of benzene rings is 2. The molecular formula is C24H27N5O5S2. The number of carbonyl (C=O) groups excluding carboxylic acids is 1. The number of nitrogens with zero attached hydrogens (tertiary/aromatic N) is 2. The molecule has 190 valence electrons. The van der Waals surface area contributed by atoms with Crippen LogP contribution in [-0.4, -0.2) is 43.1 Å². The fourth-order valence-corrected chi connectivity index (χ4v) is 4.18. The minimum Gasteiger partial charge on any atom is -0.493 e. The summed E-state index contributed by atoms with van der Waals surface area (Å²) < 4.78 is 38.5. The Morgan fingerprint density at radius 1 is 1.06 bits per heavy atom. The molecule has 2 aromatic carbocycles. The van der Waals surface area contributed by atoms with Crippen molar-refractivity contribution in [1.29, 1.82) is 0 Å². The predicted octanol–water partition coefficient (Wildman–Crippen LogP) is 3.84. The molecule has 0 atom stereocenters. The normalized spacial score (nSPS) is 11.0. The van der Waals surface area contributed by atoms with Crippen LogP contribution < -0.4 is 24.8 Å². The van der Waals surface area contributed by atoms with Crippen molar-refractivity contribution in [2.45, 2.75) is 25.2 Å². The second kappa shape index (κ2) is 12.3. The Morgan fingerprint density at radius 3 is 2.44 bits per heavy atom. The maximum Gasteiger partial charge on any atom is 0.263 e. The summed E-state index contributed by atoms with van der Waals surface area (Å²) >= 11 is 5.25. The van der Waals surface area contributed by atoms with Gasteiger partial charge in [-0.15, -0.1) is 0 Å². The largest absolute Gasteiger partial charge is 0.493 e. The maximum atomic E-state index is 12.7. The first-order chi connectivity index (χ1) is 17.2. The van der Waals surface area contributed by atoms with Crippen molar-refractivity contribution in [2.75, 3.05) is 23.8 Å². The molecule has 0 radical (unpaired) electrons. The van der Waals surface area contributed by atoms with E-state index in [1.807, 2.05) is 0 Å². The molecule has 0 unspecified atom stereocenters. The van der Waals surface area contributed by atoms with Crippen LogP contribution in [0.2, 0.25) is 0 Å². The van der Waals surface area contributed by atoms with Crippen LogP contribution in [0.5, 0.6) is 11.6 Å². The number of anilines is 2. The molecule has 3 aromatic rings. The van der Waals surface area contributed by atoms with E-state index in [1.165, 1.54) is 43.8 Å². The third kappa shape index (κ3) is 7.36. The molecule has 12 heteroatoms. The number of sulfonamides is 1. The fraction of sp³-hybridized carbons (Fsp3) is 0.250. The third-order valence-corrected chi connectivity index (χ3v) is 6.38. The van der Waals surface area contributed by atoms with Crippen LogP contribution in [0, 0.1) is 5.92 Å². The first-order valence-corrected chi connectivity index (χ1v) is 12.9. The summed E-state index contributed by atoms with van der Waals surface area (Å²) in [5, 5.41) is 5.53. The monoisotopic (exact) mass is 529 g/mol. The van der Waals surface area contributed by atoms with Crippen molar-refractivity contribution in [1.82, 2.24) is 15.3 Å². The summed E-state index contributed by atoms with van der Waals surface area (Å²) in [6.07, 6.45) is 3.60. The number of methoxy groups -OCH3 is 1. The summed E-state index contributed by atoms with van der Waals surface area (Å²) in [5.41, 5.74) is 0.843. The van der Waals surface area contributed by atoms with Gasteiger partial charge in [0.25, 0.3) is 21.8 Å². The number of nitrogens with one attached hydrogen (secondary N) is 3. The lowest BCUT2D eigenvalue weighted by molar-refractivity contribution is 0.0973. The van der Waals surface area contributed by atoms with Crippen molar-refractivity contribution in [3.63, 3.8) is 0 Å². The van der Waals surface area contributed by atoms with E-state index >= 15 is 0 Å². The van der Waals surface area contributed by atoms with Crippen LogP contribution >= 0.6 is 12.2 Å². The summed E-state index contributed by atoms with van der Waals surface area (Å²) in [5.74, 6) is 0.552. The van der Waals surface area contributed by atoms with E-state index < -0.39 is 15.9 Å². The van der Waals surface area contributed by atoms with Crippen molar-refractivity contribution in [2.24, 2.45) is 5.92 Å². The summed E-state index contributed by atoms with van der Waals surface area (Å²) in [7, 11) is -2.58. The number of ether oxygens (including phenoxy) is 2. The molecule has 36 heavy (non-hydrogen) atoms. The van der Waals surface area contributed by atoms with Crippen LogP contribution in [0.25, 0.3) is 0 Å². The zero-order valence-electron chi connectivity index (χ0n) is 20.0. The van der Waals surface area contributed by atoms with Crippen molar-refractivity contribution >= 4 is 44.8 Å². The van der Waals surface area contributed by atoms with Gasteiger partial charge in [0, 0.05) is 18.1 Å². The molecule has 0 fully saturated rings. The van der Waals surface area contributed by atoms with Gasteiger partial charge in [-0.2, -0.15) is 0 Å². The highest BCUT2D eigenvalue weighted by molar-refractivity contribution is 7.92. The maximum absolute atomic E-state index is 12.7. The molecule has 0 aliphatic rings. The fourth-order valence-electron chi connectivity index (χ4n) is 2.97. The average molecular weight is 530 g/mol. The van der Waals surface area contributed by atoms with E-state index in [0.29, 0.717) is 29.5 Å². The van der Waals surface area contributed by atoms with Crippen LogP contribution in [0.3, 0.4) is 0 Å². The van der Waals surface area contributed by atoms with E-state index in [0.717, 1.165) is 6.42 Å². The Balaban J connectivity index is 1.62. The van der Waals surface area contributed by atoms with Crippen LogP contribution in [0.1, 0.15) is 30.6 Å². The quantitative estimate of drug-likeness (QED) is 0.335. The van der Waals surface area contributed by atoms with E-state index in [1.54, 1.807) is 24.3 Å². The van der Waals surface area contributed by atoms with Gasteiger partial charge in [-0.05, 0) is 61.0 Å². The second-order valence-corrected chi connectivity index (χ2v) is 10.1. The molecule has 10 nitrogen and oxygen atoms in total. The third-order valence-electron chi connectivity index (χ3n) is 4.82. The highest BCUT2D eigenvalue weighted by atomic mass is 32.2. The van der Waals surface area contributed by atoms with Crippen LogP contribution in [0.4, 0.5) is 11.5 Å². The Hall–Kier alpha value is -3.77. The first kappa shape index (κ1) is 26.8. The molecular weight excluding hydrogens is 502 g/mol. The molecule has 0 saturated heterocycles. The van der Waals surface area contributed by atoms with Gasteiger partial charge in [0.1, 0.15) is 5.75 Å². The molecule has 0 aliphatic carbocycles. The Kier molecular flexibility index (Phi) is 9.14. The molecule has 3 N–H and O–H groups in total. The number of carbonyl (C=O) groups is 1. The molecule has 0 spiro atoms. The lowest BCUT2D eigenvalue weighted by Gasteiger charge is -2.14. The van der Waals surface area contributed by atoms with E-state index in [9.17, 15) is 13.2 Å². The number of hydrogen-bond acceptors (Lipinski definition) is 8. The number of thiocarbonyl (C=S) groups is 1.